The number of aromatic nitrogens is 2. The summed E-state index contributed by atoms with van der Waals surface area (Å²) in [5.41, 5.74) is 5.52. The highest BCUT2D eigenvalue weighted by Gasteiger charge is 2.12. The van der Waals surface area contributed by atoms with Crippen molar-refractivity contribution in [3.63, 3.8) is 0 Å². The minimum atomic E-state index is -0.387. The molecule has 118 valence electrons. The molecule has 0 spiro atoms. The third-order valence-corrected chi connectivity index (χ3v) is 4.19. The normalized spacial score (nSPS) is 11.0. The molecule has 2 rings (SSSR count). The zero-order valence-electron chi connectivity index (χ0n) is 12.0. The minimum Gasteiger partial charge on any atom is -0.383 e. The summed E-state index contributed by atoms with van der Waals surface area (Å²) >= 11 is 7.27. The van der Waals surface area contributed by atoms with Gasteiger partial charge in [-0.2, -0.15) is 0 Å². The van der Waals surface area contributed by atoms with Gasteiger partial charge in [0, 0.05) is 24.3 Å². The number of benzene rings is 1. The van der Waals surface area contributed by atoms with Crippen molar-refractivity contribution in [2.24, 2.45) is 5.73 Å². The Kier molecular flexibility index (Phi) is 5.82. The van der Waals surface area contributed by atoms with Crippen LogP contribution in [0.15, 0.2) is 28.2 Å². The molecule has 0 unspecified atom stereocenters. The van der Waals surface area contributed by atoms with Crippen molar-refractivity contribution < 1.29 is 9.53 Å². The van der Waals surface area contributed by atoms with Crippen LogP contribution in [-0.2, 0) is 16.1 Å². The molecule has 0 aliphatic rings. The second-order valence-corrected chi connectivity index (χ2v) is 6.07. The van der Waals surface area contributed by atoms with Crippen molar-refractivity contribution in [3.05, 3.63) is 33.6 Å². The number of methoxy groups -OCH3 is 1. The number of ether oxygens (including phenoxy) is 1. The predicted molar refractivity (Wildman–Crippen MR) is 87.4 cm³/mol. The first-order valence-electron chi connectivity index (χ1n) is 6.63. The van der Waals surface area contributed by atoms with Crippen molar-refractivity contribution in [3.8, 4) is 0 Å². The quantitative estimate of drug-likeness (QED) is 0.611. The average Bonchev–Trinajstić information content (AvgIpc) is 2.46. The molecule has 22 heavy (non-hydrogen) atoms. The predicted octanol–water partition coefficient (Wildman–Crippen LogP) is 1.66. The number of hydrogen-bond acceptors (Lipinski definition) is 5. The number of thioether (sulfide) groups is 1. The smallest absolute Gasteiger partial charge is 0.262 e. The molecule has 0 fully saturated rings. The molecule has 1 amide bonds. The average molecular weight is 342 g/mol. The summed E-state index contributed by atoms with van der Waals surface area (Å²) in [6, 6.07) is 4.97. The Labute approximate surface area is 136 Å². The number of nitrogens with two attached hydrogens (primary N) is 1. The zero-order valence-corrected chi connectivity index (χ0v) is 13.6. The molecule has 8 heteroatoms. The monoisotopic (exact) mass is 341 g/mol. The molecule has 0 aliphatic carbocycles. The van der Waals surface area contributed by atoms with Crippen LogP contribution in [0.4, 0.5) is 0 Å². The Morgan fingerprint density at radius 2 is 2.27 bits per heavy atom. The van der Waals surface area contributed by atoms with Gasteiger partial charge in [-0.15, -0.1) is 0 Å². The van der Waals surface area contributed by atoms with Gasteiger partial charge in [0.2, 0.25) is 5.91 Å². The summed E-state index contributed by atoms with van der Waals surface area (Å²) in [5, 5.41) is 1.54. The van der Waals surface area contributed by atoms with Gasteiger partial charge in [-0.3, -0.25) is 14.2 Å². The maximum Gasteiger partial charge on any atom is 0.262 e. The van der Waals surface area contributed by atoms with E-state index in [1.807, 2.05) is 0 Å². The fourth-order valence-corrected chi connectivity index (χ4v) is 3.05. The van der Waals surface area contributed by atoms with Crippen LogP contribution in [0.5, 0.6) is 0 Å². The summed E-state index contributed by atoms with van der Waals surface area (Å²) in [5.74, 6) is 0.0722. The van der Waals surface area contributed by atoms with Gasteiger partial charge in [0.05, 0.1) is 24.1 Å². The van der Waals surface area contributed by atoms with Gasteiger partial charge in [-0.1, -0.05) is 23.4 Å². The molecule has 1 heterocycles. The van der Waals surface area contributed by atoms with Gasteiger partial charge in [0.1, 0.15) is 0 Å². The molecular weight excluding hydrogens is 326 g/mol. The molecule has 0 radical (unpaired) electrons. The summed E-state index contributed by atoms with van der Waals surface area (Å²) < 4.78 is 6.58. The van der Waals surface area contributed by atoms with E-state index in [-0.39, 0.29) is 17.9 Å². The topological polar surface area (TPSA) is 87.2 Å². The molecule has 0 bridgehead atoms. The Hall–Kier alpha value is -1.57. The number of nitrogens with zero attached hydrogens (tertiary/aromatic N) is 2. The van der Waals surface area contributed by atoms with E-state index in [0.717, 1.165) is 0 Å². The van der Waals surface area contributed by atoms with Crippen LogP contribution in [0.25, 0.3) is 10.9 Å². The lowest BCUT2D eigenvalue weighted by molar-refractivity contribution is -0.117. The Morgan fingerprint density at radius 3 is 2.95 bits per heavy atom. The second-order valence-electron chi connectivity index (χ2n) is 4.57. The van der Waals surface area contributed by atoms with E-state index in [9.17, 15) is 9.59 Å². The zero-order chi connectivity index (χ0) is 16.1. The van der Waals surface area contributed by atoms with Crippen molar-refractivity contribution in [1.82, 2.24) is 9.55 Å². The summed E-state index contributed by atoms with van der Waals surface area (Å²) in [4.78, 5) is 27.9. The van der Waals surface area contributed by atoms with Crippen LogP contribution in [0.2, 0.25) is 5.02 Å². The Morgan fingerprint density at radius 1 is 1.50 bits per heavy atom. The highest BCUT2D eigenvalue weighted by atomic mass is 35.5. The molecule has 1 aromatic heterocycles. The third-order valence-electron chi connectivity index (χ3n) is 2.98. The van der Waals surface area contributed by atoms with Crippen molar-refractivity contribution in [2.45, 2.75) is 18.1 Å². The van der Waals surface area contributed by atoms with E-state index in [1.54, 1.807) is 29.9 Å². The first kappa shape index (κ1) is 16.8. The van der Waals surface area contributed by atoms with Crippen LogP contribution >= 0.6 is 23.4 Å². The molecule has 2 aromatic rings. The molecule has 0 saturated carbocycles. The van der Waals surface area contributed by atoms with E-state index in [2.05, 4.69) is 4.98 Å². The molecule has 2 N–H and O–H groups in total. The van der Waals surface area contributed by atoms with Gasteiger partial charge >= 0.3 is 0 Å². The maximum absolute atomic E-state index is 12.6. The van der Waals surface area contributed by atoms with Gasteiger partial charge < -0.3 is 10.5 Å². The molecule has 0 atom stereocenters. The SMILES string of the molecule is COCCn1c(SCCC(N)=O)nc2cc(Cl)ccc2c1=O. The minimum absolute atomic E-state index is 0.153. The lowest BCUT2D eigenvalue weighted by Crippen LogP contribution is -2.25. The van der Waals surface area contributed by atoms with E-state index in [4.69, 9.17) is 22.1 Å². The van der Waals surface area contributed by atoms with E-state index in [0.29, 0.717) is 40.0 Å². The van der Waals surface area contributed by atoms with Crippen LogP contribution in [0, 0.1) is 0 Å². The number of primary amides is 1. The largest absolute Gasteiger partial charge is 0.383 e. The van der Waals surface area contributed by atoms with E-state index in [1.165, 1.54) is 11.8 Å². The lowest BCUT2D eigenvalue weighted by Gasteiger charge is -2.12. The number of carbonyl (C=O) groups is 1. The summed E-state index contributed by atoms with van der Waals surface area (Å²) in [7, 11) is 1.57. The highest BCUT2D eigenvalue weighted by molar-refractivity contribution is 7.99. The van der Waals surface area contributed by atoms with Crippen molar-refractivity contribution >= 4 is 40.2 Å². The number of fused-ring (bicyclic) bond motifs is 1. The number of rotatable bonds is 7. The fraction of sp³-hybridized carbons (Fsp3) is 0.357. The van der Waals surface area contributed by atoms with Gasteiger partial charge in [-0.25, -0.2) is 4.98 Å². The maximum atomic E-state index is 12.6. The summed E-state index contributed by atoms with van der Waals surface area (Å²) in [6.45, 7) is 0.782. The van der Waals surface area contributed by atoms with Crippen molar-refractivity contribution in [2.75, 3.05) is 19.5 Å². The summed E-state index contributed by atoms with van der Waals surface area (Å²) in [6.07, 6.45) is 0.221. The van der Waals surface area contributed by atoms with E-state index < -0.39 is 0 Å². The standard InChI is InChI=1S/C14H16ClN3O3S/c1-21-6-5-18-13(20)10-3-2-9(15)8-11(10)17-14(18)22-7-4-12(16)19/h2-3,8H,4-7H2,1H3,(H2,16,19). The van der Waals surface area contributed by atoms with Gasteiger partial charge in [0.25, 0.3) is 5.56 Å². The lowest BCUT2D eigenvalue weighted by atomic mass is 10.2. The molecule has 0 aliphatic heterocycles. The van der Waals surface area contributed by atoms with Crippen LogP contribution in [0.3, 0.4) is 0 Å². The third kappa shape index (κ3) is 4.00. The van der Waals surface area contributed by atoms with Gasteiger partial charge in [0.15, 0.2) is 5.16 Å². The number of halogens is 1. The van der Waals surface area contributed by atoms with E-state index >= 15 is 0 Å². The van der Waals surface area contributed by atoms with Crippen LogP contribution in [0.1, 0.15) is 6.42 Å². The second kappa shape index (κ2) is 7.62. The number of amides is 1. The molecular formula is C14H16ClN3O3S. The Bertz CT molecular complexity index is 748. The first-order chi connectivity index (χ1) is 10.5. The molecule has 0 saturated heterocycles. The first-order valence-corrected chi connectivity index (χ1v) is 7.99. The fourth-order valence-electron chi connectivity index (χ4n) is 1.91. The van der Waals surface area contributed by atoms with Crippen LogP contribution in [-0.4, -0.2) is 34.9 Å². The number of carbonyl (C=O) groups excluding carboxylic acids is 1. The molecule has 6 nitrogen and oxygen atoms in total. The van der Waals surface area contributed by atoms with Crippen molar-refractivity contribution in [1.29, 1.82) is 0 Å². The number of hydrogen-bond donors (Lipinski definition) is 1. The molecule has 1 aromatic carbocycles. The van der Waals surface area contributed by atoms with Gasteiger partial charge in [-0.05, 0) is 18.2 Å². The highest BCUT2D eigenvalue weighted by Crippen LogP contribution is 2.20. The Balaban J connectivity index is 2.44. The van der Waals surface area contributed by atoms with Crippen LogP contribution < -0.4 is 11.3 Å².